The molecule has 2 rings (SSSR count). The third-order valence-corrected chi connectivity index (χ3v) is 5.62. The molecule has 0 unspecified atom stereocenters. The number of carbonyl (C=O) groups is 1. The van der Waals surface area contributed by atoms with Crippen LogP contribution in [0.2, 0.25) is 0 Å². The summed E-state index contributed by atoms with van der Waals surface area (Å²) in [5, 5.41) is 2.66. The maximum atomic E-state index is 13.2. The highest BCUT2D eigenvalue weighted by atomic mass is 127. The Bertz CT molecular complexity index is 875. The third kappa shape index (κ3) is 6.85. The number of anilines is 2. The summed E-state index contributed by atoms with van der Waals surface area (Å²) < 4.78 is 41.1. The Morgan fingerprint density at radius 1 is 1.10 bits per heavy atom. The number of nitrogens with zero attached hydrogens (tertiary/aromatic N) is 2. The molecule has 1 amide bonds. The molecule has 158 valence electrons. The molecule has 1 N–H and O–H groups in total. The summed E-state index contributed by atoms with van der Waals surface area (Å²) in [6, 6.07) is 8.66. The zero-order valence-electron chi connectivity index (χ0n) is 16.3. The van der Waals surface area contributed by atoms with Crippen LogP contribution in [0.3, 0.4) is 0 Å². The van der Waals surface area contributed by atoms with E-state index in [4.69, 9.17) is 0 Å². The SMILES string of the molecule is CN(C)CCCN(C)c1ccc(C(F)(F)F)cc1NC(=O)c1cc(I)ccc1Br. The van der Waals surface area contributed by atoms with Crippen molar-refractivity contribution >= 4 is 55.8 Å². The van der Waals surface area contributed by atoms with Crippen molar-refractivity contribution in [2.45, 2.75) is 12.6 Å². The lowest BCUT2D eigenvalue weighted by atomic mass is 10.1. The molecule has 0 spiro atoms. The van der Waals surface area contributed by atoms with Gasteiger partial charge in [0.05, 0.1) is 22.5 Å². The summed E-state index contributed by atoms with van der Waals surface area (Å²) in [6.07, 6.45) is -3.66. The number of hydrogen-bond donors (Lipinski definition) is 1. The van der Waals surface area contributed by atoms with E-state index in [0.717, 1.165) is 28.7 Å². The van der Waals surface area contributed by atoms with Gasteiger partial charge in [-0.1, -0.05) is 0 Å². The molecule has 0 bridgehead atoms. The van der Waals surface area contributed by atoms with Crippen molar-refractivity contribution in [1.29, 1.82) is 0 Å². The van der Waals surface area contributed by atoms with Crippen molar-refractivity contribution in [2.75, 3.05) is 44.4 Å². The highest BCUT2D eigenvalue weighted by Gasteiger charge is 2.31. The molecule has 0 atom stereocenters. The second-order valence-electron chi connectivity index (χ2n) is 6.89. The fourth-order valence-corrected chi connectivity index (χ4v) is 3.67. The van der Waals surface area contributed by atoms with E-state index in [1.165, 1.54) is 6.07 Å². The average molecular weight is 584 g/mol. The van der Waals surface area contributed by atoms with Gasteiger partial charge in [-0.2, -0.15) is 13.2 Å². The van der Waals surface area contributed by atoms with Gasteiger partial charge in [-0.05, 0) is 102 Å². The summed E-state index contributed by atoms with van der Waals surface area (Å²) in [5.41, 5.74) is 0.213. The maximum absolute atomic E-state index is 13.2. The molecule has 2 aromatic rings. The van der Waals surface area contributed by atoms with E-state index in [9.17, 15) is 18.0 Å². The van der Waals surface area contributed by atoms with E-state index in [-0.39, 0.29) is 5.69 Å². The van der Waals surface area contributed by atoms with Gasteiger partial charge >= 0.3 is 6.18 Å². The maximum Gasteiger partial charge on any atom is 0.416 e. The average Bonchev–Trinajstić information content (AvgIpc) is 2.62. The van der Waals surface area contributed by atoms with E-state index < -0.39 is 17.6 Å². The quantitative estimate of drug-likeness (QED) is 0.424. The number of amides is 1. The summed E-state index contributed by atoms with van der Waals surface area (Å²) in [4.78, 5) is 16.7. The van der Waals surface area contributed by atoms with Gasteiger partial charge in [-0.3, -0.25) is 4.79 Å². The zero-order chi connectivity index (χ0) is 21.8. The van der Waals surface area contributed by atoms with E-state index in [1.807, 2.05) is 30.0 Å². The highest BCUT2D eigenvalue weighted by molar-refractivity contribution is 14.1. The Hall–Kier alpha value is -1.33. The Labute approximate surface area is 190 Å². The van der Waals surface area contributed by atoms with Gasteiger partial charge in [0.1, 0.15) is 0 Å². The minimum Gasteiger partial charge on any atom is -0.373 e. The Morgan fingerprint density at radius 3 is 2.41 bits per heavy atom. The van der Waals surface area contributed by atoms with E-state index in [1.54, 1.807) is 19.2 Å². The molecule has 0 radical (unpaired) electrons. The van der Waals surface area contributed by atoms with Gasteiger partial charge in [0, 0.05) is 21.6 Å². The first-order valence-electron chi connectivity index (χ1n) is 8.82. The highest BCUT2D eigenvalue weighted by Crippen LogP contribution is 2.35. The molecule has 0 aromatic heterocycles. The van der Waals surface area contributed by atoms with E-state index in [0.29, 0.717) is 22.3 Å². The molecule has 9 heteroatoms. The van der Waals surface area contributed by atoms with Crippen LogP contribution < -0.4 is 10.2 Å². The zero-order valence-corrected chi connectivity index (χ0v) is 20.0. The summed E-state index contributed by atoms with van der Waals surface area (Å²) in [6.45, 7) is 1.49. The van der Waals surface area contributed by atoms with Gasteiger partial charge in [-0.15, -0.1) is 0 Å². The number of halogens is 5. The second kappa shape index (κ2) is 10.1. The lowest BCUT2D eigenvalue weighted by Gasteiger charge is -2.24. The molecule has 4 nitrogen and oxygen atoms in total. The van der Waals surface area contributed by atoms with Crippen LogP contribution in [0.5, 0.6) is 0 Å². The lowest BCUT2D eigenvalue weighted by molar-refractivity contribution is -0.137. The molecule has 0 aliphatic carbocycles. The van der Waals surface area contributed by atoms with E-state index in [2.05, 4.69) is 43.8 Å². The predicted octanol–water partition coefficient (Wildman–Crippen LogP) is 5.71. The summed E-state index contributed by atoms with van der Waals surface area (Å²) >= 11 is 5.40. The first-order valence-corrected chi connectivity index (χ1v) is 10.7. The van der Waals surface area contributed by atoms with Crippen LogP contribution in [0.15, 0.2) is 40.9 Å². The summed E-state index contributed by atoms with van der Waals surface area (Å²) in [5.74, 6) is -0.474. The number of hydrogen-bond acceptors (Lipinski definition) is 3. The van der Waals surface area contributed by atoms with Gasteiger partial charge in [0.2, 0.25) is 0 Å². The Balaban J connectivity index is 2.35. The second-order valence-corrected chi connectivity index (χ2v) is 8.99. The molecule has 0 saturated heterocycles. The molecule has 29 heavy (non-hydrogen) atoms. The smallest absolute Gasteiger partial charge is 0.373 e. The lowest BCUT2D eigenvalue weighted by Crippen LogP contribution is -2.25. The fraction of sp³-hybridized carbons (Fsp3) is 0.350. The minimum atomic E-state index is -4.50. The van der Waals surface area contributed by atoms with Gasteiger partial charge in [0.15, 0.2) is 0 Å². The van der Waals surface area contributed by atoms with Crippen LogP contribution in [-0.2, 0) is 6.18 Å². The van der Waals surface area contributed by atoms with Crippen LogP contribution in [0.25, 0.3) is 0 Å². The Morgan fingerprint density at radius 2 is 1.79 bits per heavy atom. The molecule has 0 fully saturated rings. The number of nitrogens with one attached hydrogen (secondary N) is 1. The standard InChI is InChI=1S/C20H22BrF3IN3O/c1-27(2)9-4-10-28(3)18-8-5-13(20(22,23)24)11-17(18)26-19(29)15-12-14(25)6-7-16(15)21/h5-8,11-12H,4,9-10H2,1-3H3,(H,26,29). The summed E-state index contributed by atoms with van der Waals surface area (Å²) in [7, 11) is 5.72. The number of rotatable bonds is 7. The fourth-order valence-electron chi connectivity index (χ4n) is 2.75. The first-order chi connectivity index (χ1) is 13.5. The van der Waals surface area contributed by atoms with Crippen LogP contribution in [-0.4, -0.2) is 45.0 Å². The van der Waals surface area contributed by atoms with Crippen LogP contribution in [0.1, 0.15) is 22.3 Å². The molecule has 2 aromatic carbocycles. The van der Waals surface area contributed by atoms with Crippen molar-refractivity contribution in [3.05, 3.63) is 55.6 Å². The predicted molar refractivity (Wildman–Crippen MR) is 123 cm³/mol. The van der Waals surface area contributed by atoms with Gasteiger partial charge < -0.3 is 15.1 Å². The van der Waals surface area contributed by atoms with Crippen LogP contribution >= 0.6 is 38.5 Å². The van der Waals surface area contributed by atoms with Crippen molar-refractivity contribution in [3.8, 4) is 0 Å². The Kier molecular flexibility index (Phi) is 8.36. The molecule has 0 aliphatic heterocycles. The van der Waals surface area contributed by atoms with Gasteiger partial charge in [0.25, 0.3) is 5.91 Å². The minimum absolute atomic E-state index is 0.128. The normalized spacial score (nSPS) is 11.6. The van der Waals surface area contributed by atoms with Crippen molar-refractivity contribution in [3.63, 3.8) is 0 Å². The number of alkyl halides is 3. The van der Waals surface area contributed by atoms with Crippen LogP contribution in [0.4, 0.5) is 24.5 Å². The van der Waals surface area contributed by atoms with Crippen LogP contribution in [0, 0.1) is 3.57 Å². The monoisotopic (exact) mass is 583 g/mol. The molecule has 0 heterocycles. The van der Waals surface area contributed by atoms with E-state index >= 15 is 0 Å². The molecule has 0 aliphatic rings. The topological polar surface area (TPSA) is 35.6 Å². The van der Waals surface area contributed by atoms with Gasteiger partial charge in [-0.25, -0.2) is 0 Å². The molecular formula is C20H22BrF3IN3O. The number of benzene rings is 2. The molecular weight excluding hydrogens is 562 g/mol. The number of carbonyl (C=O) groups excluding carboxylic acids is 1. The van der Waals surface area contributed by atoms with Crippen molar-refractivity contribution < 1.29 is 18.0 Å². The molecule has 0 saturated carbocycles. The largest absolute Gasteiger partial charge is 0.416 e. The van der Waals surface area contributed by atoms with Crippen molar-refractivity contribution in [1.82, 2.24) is 4.90 Å². The van der Waals surface area contributed by atoms with Crippen molar-refractivity contribution in [2.24, 2.45) is 0 Å². The first kappa shape index (κ1) is 23.9. The third-order valence-electron chi connectivity index (χ3n) is 4.26.